The summed E-state index contributed by atoms with van der Waals surface area (Å²) in [4.78, 5) is 10.2. The van der Waals surface area contributed by atoms with Crippen LogP contribution in [0, 0.1) is 5.92 Å². The van der Waals surface area contributed by atoms with Crippen LogP contribution < -0.4 is 0 Å². The van der Waals surface area contributed by atoms with Crippen LogP contribution in [0.4, 0.5) is 22.0 Å². The van der Waals surface area contributed by atoms with Gasteiger partial charge in [-0.3, -0.25) is 4.79 Å². The molecule has 0 heterocycles. The highest BCUT2D eigenvalue weighted by molar-refractivity contribution is 5.66. The van der Waals surface area contributed by atoms with E-state index in [1.807, 2.05) is 0 Å². The van der Waals surface area contributed by atoms with Crippen LogP contribution in [-0.4, -0.2) is 36.0 Å². The van der Waals surface area contributed by atoms with Crippen molar-refractivity contribution in [2.24, 2.45) is 5.92 Å². The third-order valence-electron chi connectivity index (χ3n) is 2.61. The van der Waals surface area contributed by atoms with E-state index < -0.39 is 37.3 Å². The Morgan fingerprint density at radius 1 is 1.11 bits per heavy atom. The molecule has 0 aromatic carbocycles. The van der Waals surface area contributed by atoms with Gasteiger partial charge < -0.3 is 5.11 Å². The molecule has 0 aromatic rings. The van der Waals surface area contributed by atoms with Crippen molar-refractivity contribution in [3.8, 4) is 0 Å². The number of hydrogen-bond acceptors (Lipinski definition) is 1. The Labute approximate surface area is 102 Å². The molecule has 7 heteroatoms. The lowest BCUT2D eigenvalue weighted by Gasteiger charge is -2.19. The zero-order valence-corrected chi connectivity index (χ0v) is 9.96. The largest absolute Gasteiger partial charge is 0.481 e. The van der Waals surface area contributed by atoms with Crippen LogP contribution in [-0.2, 0) is 4.79 Å². The Bertz CT molecular complexity index is 250. The van der Waals surface area contributed by atoms with Crippen LogP contribution in [0.3, 0.4) is 0 Å². The molecule has 18 heavy (non-hydrogen) atoms. The first-order valence-corrected chi connectivity index (χ1v) is 5.67. The molecule has 2 nitrogen and oxygen atoms in total. The molecule has 0 saturated heterocycles. The lowest BCUT2D eigenvalue weighted by Crippen LogP contribution is -2.34. The summed E-state index contributed by atoms with van der Waals surface area (Å²) in [6, 6.07) is 0. The Morgan fingerprint density at radius 3 is 2.11 bits per heavy atom. The molecule has 0 saturated carbocycles. The molecule has 0 aliphatic carbocycles. The van der Waals surface area contributed by atoms with Crippen molar-refractivity contribution in [1.29, 1.82) is 0 Å². The van der Waals surface area contributed by atoms with E-state index in [9.17, 15) is 26.7 Å². The van der Waals surface area contributed by atoms with Gasteiger partial charge in [0.05, 0.1) is 0 Å². The second kappa shape index (κ2) is 8.26. The number of carboxylic acids is 1. The summed E-state index contributed by atoms with van der Waals surface area (Å²) >= 11 is 0. The van der Waals surface area contributed by atoms with E-state index in [0.29, 0.717) is 6.42 Å². The van der Waals surface area contributed by atoms with Crippen molar-refractivity contribution in [3.63, 3.8) is 0 Å². The zero-order chi connectivity index (χ0) is 14.3. The first kappa shape index (κ1) is 17.1. The van der Waals surface area contributed by atoms with Crippen LogP contribution in [0.25, 0.3) is 0 Å². The van der Waals surface area contributed by atoms with Crippen LogP contribution in [0.15, 0.2) is 0 Å². The molecule has 0 aliphatic rings. The maximum Gasteiger partial charge on any atom is 0.303 e. The summed E-state index contributed by atoms with van der Waals surface area (Å²) < 4.78 is 62.3. The van der Waals surface area contributed by atoms with E-state index >= 15 is 0 Å². The van der Waals surface area contributed by atoms with Crippen LogP contribution in [0.2, 0.25) is 0 Å². The number of hydrogen-bond donors (Lipinski definition) is 1. The standard InChI is InChI=1S/C11H17F5O2/c1-6(3-2-4-8(17)18)5-7(12)9(13)10(14)11(15)16/h6-7,9-11H,2-5H2,1H3,(H,17,18). The molecule has 0 rings (SSSR count). The van der Waals surface area contributed by atoms with Gasteiger partial charge >= 0.3 is 5.97 Å². The maximum absolute atomic E-state index is 13.2. The average Bonchev–Trinajstić information content (AvgIpc) is 2.26. The van der Waals surface area contributed by atoms with Crippen LogP contribution in [0.1, 0.15) is 32.6 Å². The number of carbonyl (C=O) groups is 1. The minimum absolute atomic E-state index is 0.0941. The van der Waals surface area contributed by atoms with Crippen molar-refractivity contribution in [1.82, 2.24) is 0 Å². The summed E-state index contributed by atoms with van der Waals surface area (Å²) in [6.45, 7) is 1.54. The van der Waals surface area contributed by atoms with Gasteiger partial charge in [-0.25, -0.2) is 22.0 Å². The number of carboxylic acid groups (broad SMARTS) is 1. The van der Waals surface area contributed by atoms with Gasteiger partial charge in [0, 0.05) is 6.42 Å². The Balaban J connectivity index is 3.98. The molecule has 4 unspecified atom stereocenters. The third kappa shape index (κ3) is 6.76. The minimum Gasteiger partial charge on any atom is -0.481 e. The van der Waals surface area contributed by atoms with Crippen molar-refractivity contribution in [2.45, 2.75) is 57.5 Å². The number of aliphatic carboxylic acids is 1. The summed E-state index contributed by atoms with van der Waals surface area (Å²) in [5.41, 5.74) is 0. The molecule has 108 valence electrons. The fourth-order valence-corrected chi connectivity index (χ4v) is 1.57. The molecular weight excluding hydrogens is 259 g/mol. The molecule has 4 atom stereocenters. The van der Waals surface area contributed by atoms with Crippen molar-refractivity contribution >= 4 is 5.97 Å². The Kier molecular flexibility index (Phi) is 7.86. The van der Waals surface area contributed by atoms with Gasteiger partial charge in [0.25, 0.3) is 6.43 Å². The molecule has 0 aromatic heterocycles. The van der Waals surface area contributed by atoms with Crippen molar-refractivity contribution in [2.75, 3.05) is 0 Å². The quantitative estimate of drug-likeness (QED) is 0.654. The predicted octanol–water partition coefficient (Wildman–Crippen LogP) is 3.55. The van der Waals surface area contributed by atoms with Gasteiger partial charge in [0.2, 0.25) is 0 Å². The monoisotopic (exact) mass is 276 g/mol. The predicted molar refractivity (Wildman–Crippen MR) is 56.0 cm³/mol. The molecule has 0 amide bonds. The van der Waals surface area contributed by atoms with Crippen LogP contribution >= 0.6 is 0 Å². The second-order valence-corrected chi connectivity index (χ2v) is 4.37. The van der Waals surface area contributed by atoms with E-state index in [1.54, 1.807) is 0 Å². The highest BCUT2D eigenvalue weighted by Gasteiger charge is 2.36. The summed E-state index contributed by atoms with van der Waals surface area (Å²) in [5.74, 6) is -1.38. The summed E-state index contributed by atoms with van der Waals surface area (Å²) in [6.07, 6.45) is -11.7. The van der Waals surface area contributed by atoms with E-state index in [-0.39, 0.29) is 18.8 Å². The van der Waals surface area contributed by atoms with Crippen LogP contribution in [0.5, 0.6) is 0 Å². The summed E-state index contributed by atoms with van der Waals surface area (Å²) in [5, 5.41) is 8.36. The van der Waals surface area contributed by atoms with Gasteiger partial charge in [-0.15, -0.1) is 0 Å². The van der Waals surface area contributed by atoms with E-state index in [0.717, 1.165) is 0 Å². The van der Waals surface area contributed by atoms with E-state index in [2.05, 4.69) is 0 Å². The van der Waals surface area contributed by atoms with E-state index in [1.165, 1.54) is 6.92 Å². The SMILES string of the molecule is CC(CCCC(=O)O)CC(F)C(F)C(F)C(F)F. The molecule has 0 spiro atoms. The molecule has 0 bridgehead atoms. The van der Waals surface area contributed by atoms with Gasteiger partial charge in [-0.2, -0.15) is 0 Å². The lowest BCUT2D eigenvalue weighted by molar-refractivity contribution is -0.137. The Hall–Kier alpha value is -0.880. The number of rotatable bonds is 9. The maximum atomic E-state index is 13.2. The van der Waals surface area contributed by atoms with Crippen molar-refractivity contribution < 1.29 is 31.9 Å². The highest BCUT2D eigenvalue weighted by atomic mass is 19.3. The molecule has 0 aliphatic heterocycles. The number of halogens is 5. The molecule has 0 radical (unpaired) electrons. The van der Waals surface area contributed by atoms with Gasteiger partial charge in [0.1, 0.15) is 6.17 Å². The summed E-state index contributed by atoms with van der Waals surface area (Å²) in [7, 11) is 0. The smallest absolute Gasteiger partial charge is 0.303 e. The normalized spacial score (nSPS) is 18.4. The number of alkyl halides is 5. The fraction of sp³-hybridized carbons (Fsp3) is 0.909. The second-order valence-electron chi connectivity index (χ2n) is 4.37. The van der Waals surface area contributed by atoms with Gasteiger partial charge in [-0.1, -0.05) is 13.3 Å². The molecular formula is C11H17F5O2. The first-order valence-electron chi connectivity index (χ1n) is 5.67. The van der Waals surface area contributed by atoms with E-state index in [4.69, 9.17) is 5.11 Å². The van der Waals surface area contributed by atoms with Gasteiger partial charge in [-0.05, 0) is 18.8 Å². The van der Waals surface area contributed by atoms with Gasteiger partial charge in [0.15, 0.2) is 12.3 Å². The average molecular weight is 276 g/mol. The fourth-order valence-electron chi connectivity index (χ4n) is 1.57. The zero-order valence-electron chi connectivity index (χ0n) is 9.96. The molecule has 1 N–H and O–H groups in total. The third-order valence-corrected chi connectivity index (χ3v) is 2.61. The van der Waals surface area contributed by atoms with Crippen molar-refractivity contribution in [3.05, 3.63) is 0 Å². The topological polar surface area (TPSA) is 37.3 Å². The Morgan fingerprint density at radius 2 is 1.67 bits per heavy atom. The first-order chi connectivity index (χ1) is 8.25. The lowest BCUT2D eigenvalue weighted by atomic mass is 9.95. The minimum atomic E-state index is -3.54. The highest BCUT2D eigenvalue weighted by Crippen LogP contribution is 2.24. The molecule has 0 fully saturated rings.